The highest BCUT2D eigenvalue weighted by Crippen LogP contribution is 2.14. The summed E-state index contributed by atoms with van der Waals surface area (Å²) in [6.07, 6.45) is 10.0. The van der Waals surface area contributed by atoms with Crippen LogP contribution in [0.25, 0.3) is 0 Å². The third kappa shape index (κ3) is 3.75. The van der Waals surface area contributed by atoms with Gasteiger partial charge in [0, 0.05) is 19.6 Å². The Morgan fingerprint density at radius 2 is 2.42 bits per heavy atom. The number of hydrogen-bond donors (Lipinski definition) is 1. The first-order valence-electron chi connectivity index (χ1n) is 4.69. The van der Waals surface area contributed by atoms with Gasteiger partial charge in [-0.25, -0.2) is 0 Å². The minimum Gasteiger partial charge on any atom is -0.378 e. The number of hydrogen-bond acceptors (Lipinski definition) is 2. The van der Waals surface area contributed by atoms with Crippen molar-refractivity contribution in [3.63, 3.8) is 0 Å². The van der Waals surface area contributed by atoms with Gasteiger partial charge in [0.2, 0.25) is 0 Å². The Morgan fingerprint density at radius 3 is 3.08 bits per heavy atom. The molecule has 1 aliphatic heterocycles. The van der Waals surface area contributed by atoms with E-state index in [9.17, 15) is 0 Å². The van der Waals surface area contributed by atoms with Gasteiger partial charge in [-0.1, -0.05) is 0 Å². The Hall–Kier alpha value is -0.520. The van der Waals surface area contributed by atoms with E-state index >= 15 is 0 Å². The van der Waals surface area contributed by atoms with E-state index in [1.807, 2.05) is 0 Å². The van der Waals surface area contributed by atoms with Gasteiger partial charge >= 0.3 is 0 Å². The Bertz CT molecular complexity index is 144. The van der Waals surface area contributed by atoms with E-state index < -0.39 is 0 Å². The molecule has 1 aliphatic rings. The van der Waals surface area contributed by atoms with Gasteiger partial charge in [0.25, 0.3) is 0 Å². The smallest absolute Gasteiger partial charge is 0.0588 e. The van der Waals surface area contributed by atoms with E-state index in [2.05, 4.69) is 11.2 Å². The molecule has 0 bridgehead atoms. The maximum absolute atomic E-state index is 5.48. The van der Waals surface area contributed by atoms with Crippen molar-refractivity contribution in [1.82, 2.24) is 5.32 Å². The summed E-state index contributed by atoms with van der Waals surface area (Å²) in [6.45, 7) is 2.92. The molecule has 1 unspecified atom stereocenters. The molecule has 1 heterocycles. The highest BCUT2D eigenvalue weighted by Gasteiger charge is 2.13. The molecule has 1 rings (SSSR count). The number of ether oxygens (including phenoxy) is 1. The third-order valence-electron chi connectivity index (χ3n) is 2.11. The van der Waals surface area contributed by atoms with Gasteiger partial charge < -0.3 is 10.1 Å². The molecule has 0 amide bonds. The van der Waals surface area contributed by atoms with Crippen molar-refractivity contribution in [2.24, 2.45) is 0 Å². The zero-order valence-electron chi connectivity index (χ0n) is 7.51. The molecule has 0 aromatic rings. The van der Waals surface area contributed by atoms with E-state index in [4.69, 9.17) is 11.2 Å². The second-order valence-corrected chi connectivity index (χ2v) is 3.13. The predicted molar refractivity (Wildman–Crippen MR) is 49.9 cm³/mol. The highest BCUT2D eigenvalue weighted by atomic mass is 16.5. The highest BCUT2D eigenvalue weighted by molar-refractivity contribution is 4.84. The molecule has 0 spiro atoms. The Balaban J connectivity index is 1.85. The van der Waals surface area contributed by atoms with Crippen LogP contribution in [0.5, 0.6) is 0 Å². The summed E-state index contributed by atoms with van der Waals surface area (Å²) in [4.78, 5) is 0. The van der Waals surface area contributed by atoms with Gasteiger partial charge in [-0.2, -0.15) is 0 Å². The van der Waals surface area contributed by atoms with Crippen LogP contribution in [-0.2, 0) is 4.74 Å². The van der Waals surface area contributed by atoms with Crippen LogP contribution in [0, 0.1) is 12.3 Å². The summed E-state index contributed by atoms with van der Waals surface area (Å²) in [5.41, 5.74) is 0. The van der Waals surface area contributed by atoms with Gasteiger partial charge in [-0.05, 0) is 25.8 Å². The fourth-order valence-corrected chi connectivity index (χ4v) is 1.42. The van der Waals surface area contributed by atoms with Crippen LogP contribution in [-0.4, -0.2) is 25.8 Å². The molecule has 2 nitrogen and oxygen atoms in total. The van der Waals surface area contributed by atoms with Crippen LogP contribution in [0.4, 0.5) is 0 Å². The second-order valence-electron chi connectivity index (χ2n) is 3.13. The van der Waals surface area contributed by atoms with E-state index in [0.717, 1.165) is 32.5 Å². The first kappa shape index (κ1) is 9.57. The second kappa shape index (κ2) is 6.05. The van der Waals surface area contributed by atoms with Gasteiger partial charge in [-0.3, -0.25) is 0 Å². The van der Waals surface area contributed by atoms with Crippen molar-refractivity contribution in [3.8, 4) is 12.3 Å². The van der Waals surface area contributed by atoms with Gasteiger partial charge in [0.05, 0.1) is 6.10 Å². The fourth-order valence-electron chi connectivity index (χ4n) is 1.42. The standard InChI is InChI=1S/C10H17NO/c1-2-3-7-11-8-6-10-5-4-9-12-10/h1,10-11H,3-9H2. The molecular weight excluding hydrogens is 150 g/mol. The van der Waals surface area contributed by atoms with Crippen LogP contribution in [0.2, 0.25) is 0 Å². The number of rotatable bonds is 5. The average molecular weight is 167 g/mol. The first-order chi connectivity index (χ1) is 5.93. The van der Waals surface area contributed by atoms with Crippen LogP contribution in [0.15, 0.2) is 0 Å². The van der Waals surface area contributed by atoms with Crippen molar-refractivity contribution < 1.29 is 4.74 Å². The maximum Gasteiger partial charge on any atom is 0.0588 e. The Morgan fingerprint density at radius 1 is 1.50 bits per heavy atom. The summed E-state index contributed by atoms with van der Waals surface area (Å²) in [5, 5.41) is 3.29. The summed E-state index contributed by atoms with van der Waals surface area (Å²) in [6, 6.07) is 0. The van der Waals surface area contributed by atoms with Gasteiger partial charge in [-0.15, -0.1) is 12.3 Å². The van der Waals surface area contributed by atoms with Crippen molar-refractivity contribution >= 4 is 0 Å². The van der Waals surface area contributed by atoms with Gasteiger partial charge in [0.1, 0.15) is 0 Å². The summed E-state index contributed by atoms with van der Waals surface area (Å²) in [7, 11) is 0. The van der Waals surface area contributed by atoms with E-state index in [-0.39, 0.29) is 0 Å². The van der Waals surface area contributed by atoms with Crippen LogP contribution < -0.4 is 5.32 Å². The topological polar surface area (TPSA) is 21.3 Å². The molecule has 1 atom stereocenters. The van der Waals surface area contributed by atoms with Crippen molar-refractivity contribution in [2.75, 3.05) is 19.7 Å². The lowest BCUT2D eigenvalue weighted by molar-refractivity contribution is 0.104. The van der Waals surface area contributed by atoms with Crippen molar-refractivity contribution in [3.05, 3.63) is 0 Å². The van der Waals surface area contributed by atoms with Crippen LogP contribution in [0.1, 0.15) is 25.7 Å². The summed E-state index contributed by atoms with van der Waals surface area (Å²) >= 11 is 0. The molecule has 0 aromatic carbocycles. The normalized spacial score (nSPS) is 22.4. The molecular formula is C10H17NO. The zero-order chi connectivity index (χ0) is 8.65. The molecule has 1 fully saturated rings. The summed E-state index contributed by atoms with van der Waals surface area (Å²) < 4.78 is 5.48. The predicted octanol–water partition coefficient (Wildman–Crippen LogP) is 1.17. The molecule has 0 radical (unpaired) electrons. The molecule has 68 valence electrons. The average Bonchev–Trinajstić information content (AvgIpc) is 2.57. The maximum atomic E-state index is 5.48. The molecule has 0 aliphatic carbocycles. The van der Waals surface area contributed by atoms with E-state index in [1.165, 1.54) is 12.8 Å². The number of nitrogens with one attached hydrogen (secondary N) is 1. The molecule has 0 aromatic heterocycles. The number of terminal acetylenes is 1. The monoisotopic (exact) mass is 167 g/mol. The van der Waals surface area contributed by atoms with Crippen LogP contribution in [0.3, 0.4) is 0 Å². The van der Waals surface area contributed by atoms with Gasteiger partial charge in [0.15, 0.2) is 0 Å². The third-order valence-corrected chi connectivity index (χ3v) is 2.11. The zero-order valence-corrected chi connectivity index (χ0v) is 7.51. The van der Waals surface area contributed by atoms with E-state index in [0.29, 0.717) is 6.10 Å². The fraction of sp³-hybridized carbons (Fsp3) is 0.800. The lowest BCUT2D eigenvalue weighted by Crippen LogP contribution is -2.20. The Kier molecular flexibility index (Phi) is 4.82. The molecule has 1 N–H and O–H groups in total. The van der Waals surface area contributed by atoms with Crippen LogP contribution >= 0.6 is 0 Å². The van der Waals surface area contributed by atoms with Crippen molar-refractivity contribution in [2.45, 2.75) is 31.8 Å². The molecule has 0 saturated carbocycles. The molecule has 2 heteroatoms. The SMILES string of the molecule is C#CCCNCCC1CCCO1. The lowest BCUT2D eigenvalue weighted by Gasteiger charge is -2.08. The minimum atomic E-state index is 0.503. The molecule has 1 saturated heterocycles. The van der Waals surface area contributed by atoms with E-state index in [1.54, 1.807) is 0 Å². The minimum absolute atomic E-state index is 0.503. The lowest BCUT2D eigenvalue weighted by atomic mass is 10.2. The first-order valence-corrected chi connectivity index (χ1v) is 4.69. The largest absolute Gasteiger partial charge is 0.378 e. The summed E-state index contributed by atoms with van der Waals surface area (Å²) in [5.74, 6) is 2.60. The Labute approximate surface area is 74.7 Å². The molecule has 12 heavy (non-hydrogen) atoms. The van der Waals surface area contributed by atoms with Crippen molar-refractivity contribution in [1.29, 1.82) is 0 Å². The quantitative estimate of drug-likeness (QED) is 0.490.